The Morgan fingerprint density at radius 2 is 1.96 bits per heavy atom. The highest BCUT2D eigenvalue weighted by molar-refractivity contribution is 5.69. The number of benzene rings is 1. The number of allylic oxidation sites excluding steroid dienone is 2. The zero-order valence-corrected chi connectivity index (χ0v) is 13.8. The Labute approximate surface area is 141 Å². The van der Waals surface area contributed by atoms with Crippen molar-refractivity contribution < 1.29 is 19.7 Å². The number of ether oxygens (including phenoxy) is 2. The minimum atomic E-state index is -0.401. The molecule has 4 nitrogen and oxygen atoms in total. The third kappa shape index (κ3) is 2.48. The Bertz CT molecular complexity index is 837. The first-order valence-electron chi connectivity index (χ1n) is 8.13. The molecule has 0 saturated heterocycles. The molecule has 2 N–H and O–H groups in total. The van der Waals surface area contributed by atoms with Crippen molar-refractivity contribution in [2.24, 2.45) is 0 Å². The van der Waals surface area contributed by atoms with Crippen LogP contribution in [0.2, 0.25) is 0 Å². The Balaban J connectivity index is 1.81. The largest absolute Gasteiger partial charge is 0.512 e. The zero-order chi connectivity index (χ0) is 16.9. The van der Waals surface area contributed by atoms with E-state index < -0.39 is 5.60 Å². The number of phenols is 1. The molecule has 1 aliphatic carbocycles. The van der Waals surface area contributed by atoms with Crippen molar-refractivity contribution >= 4 is 6.08 Å². The van der Waals surface area contributed by atoms with Crippen molar-refractivity contribution in [2.45, 2.75) is 32.3 Å². The number of phenolic OH excluding ortho intramolecular Hbond substituents is 1. The van der Waals surface area contributed by atoms with Crippen LogP contribution < -0.4 is 4.74 Å². The summed E-state index contributed by atoms with van der Waals surface area (Å²) in [5.74, 6) is 2.01. The molecule has 0 amide bonds. The summed E-state index contributed by atoms with van der Waals surface area (Å²) in [5.41, 5.74) is 3.45. The highest BCUT2D eigenvalue weighted by atomic mass is 16.5. The molecule has 1 aromatic rings. The molecule has 4 rings (SSSR count). The summed E-state index contributed by atoms with van der Waals surface area (Å²) >= 11 is 0. The van der Waals surface area contributed by atoms with Crippen molar-refractivity contribution in [2.75, 3.05) is 6.61 Å². The van der Waals surface area contributed by atoms with Crippen molar-refractivity contribution in [1.29, 1.82) is 0 Å². The monoisotopic (exact) mass is 324 g/mol. The second-order valence-electron chi connectivity index (χ2n) is 6.89. The fraction of sp³-hybridized carbons (Fsp3) is 0.300. The van der Waals surface area contributed by atoms with Crippen LogP contribution in [-0.4, -0.2) is 22.4 Å². The van der Waals surface area contributed by atoms with Gasteiger partial charge in [0.25, 0.3) is 0 Å². The van der Waals surface area contributed by atoms with Crippen LogP contribution >= 0.6 is 0 Å². The van der Waals surface area contributed by atoms with E-state index in [1.165, 1.54) is 0 Å². The molecule has 0 fully saturated rings. The molecule has 2 heterocycles. The first-order valence-corrected chi connectivity index (χ1v) is 8.13. The van der Waals surface area contributed by atoms with Crippen LogP contribution in [0.15, 0.2) is 58.6 Å². The number of rotatable bonds is 1. The minimum absolute atomic E-state index is 0.197. The summed E-state index contributed by atoms with van der Waals surface area (Å²) < 4.78 is 12.0. The molecule has 0 saturated carbocycles. The maximum Gasteiger partial charge on any atom is 0.134 e. The van der Waals surface area contributed by atoms with Crippen molar-refractivity contribution in [1.82, 2.24) is 0 Å². The van der Waals surface area contributed by atoms with Gasteiger partial charge in [-0.2, -0.15) is 0 Å². The Hall–Kier alpha value is -2.62. The molecule has 0 aromatic heterocycles. The van der Waals surface area contributed by atoms with Gasteiger partial charge in [0.1, 0.15) is 35.2 Å². The van der Waals surface area contributed by atoms with E-state index in [-0.39, 0.29) is 5.75 Å². The molecular formula is C20H20O4. The van der Waals surface area contributed by atoms with Gasteiger partial charge in [0.05, 0.1) is 5.57 Å². The lowest BCUT2D eigenvalue weighted by atomic mass is 9.87. The topological polar surface area (TPSA) is 58.9 Å². The van der Waals surface area contributed by atoms with Gasteiger partial charge in [-0.1, -0.05) is 0 Å². The van der Waals surface area contributed by atoms with Gasteiger partial charge in [0, 0.05) is 23.6 Å². The smallest absolute Gasteiger partial charge is 0.134 e. The zero-order valence-electron chi connectivity index (χ0n) is 13.8. The fourth-order valence-electron chi connectivity index (χ4n) is 3.29. The van der Waals surface area contributed by atoms with Gasteiger partial charge in [-0.25, -0.2) is 0 Å². The van der Waals surface area contributed by atoms with Crippen LogP contribution in [0.3, 0.4) is 0 Å². The van der Waals surface area contributed by atoms with E-state index in [1.54, 1.807) is 12.1 Å². The standard InChI is InChI=1S/C20H20O4/c1-20(2)8-7-16-17(22)6-5-15(19(16)24-20)13-9-12-3-4-14(21)10-18(12)23-11-13/h3-4,7-10,21-22H,5-6,11H2,1-2H3. The molecular weight excluding hydrogens is 304 g/mol. The molecule has 4 heteroatoms. The average Bonchev–Trinajstić information content (AvgIpc) is 2.54. The lowest BCUT2D eigenvalue weighted by molar-refractivity contribution is 0.0741. The fourth-order valence-corrected chi connectivity index (χ4v) is 3.29. The molecule has 24 heavy (non-hydrogen) atoms. The molecule has 2 aliphatic heterocycles. The van der Waals surface area contributed by atoms with E-state index in [9.17, 15) is 10.2 Å². The minimum Gasteiger partial charge on any atom is -0.512 e. The summed E-state index contributed by atoms with van der Waals surface area (Å²) in [5, 5.41) is 19.8. The highest BCUT2D eigenvalue weighted by Gasteiger charge is 2.32. The molecule has 0 atom stereocenters. The third-order valence-electron chi connectivity index (χ3n) is 4.56. The first kappa shape index (κ1) is 14.9. The number of hydrogen-bond acceptors (Lipinski definition) is 4. The molecule has 0 unspecified atom stereocenters. The van der Waals surface area contributed by atoms with Crippen molar-refractivity contribution in [3.8, 4) is 11.5 Å². The van der Waals surface area contributed by atoms with Gasteiger partial charge in [-0.3, -0.25) is 0 Å². The second kappa shape index (κ2) is 5.20. The number of aliphatic hydroxyl groups excluding tert-OH is 1. The van der Waals surface area contributed by atoms with Crippen LogP contribution in [0.5, 0.6) is 11.5 Å². The van der Waals surface area contributed by atoms with Crippen LogP contribution in [-0.2, 0) is 4.74 Å². The lowest BCUT2D eigenvalue weighted by Crippen LogP contribution is -2.28. The Morgan fingerprint density at radius 1 is 1.12 bits per heavy atom. The van der Waals surface area contributed by atoms with Crippen molar-refractivity contribution in [3.63, 3.8) is 0 Å². The maximum absolute atomic E-state index is 10.2. The molecule has 0 bridgehead atoms. The van der Waals surface area contributed by atoms with E-state index in [1.807, 2.05) is 32.1 Å². The summed E-state index contributed by atoms with van der Waals surface area (Å²) in [6, 6.07) is 5.12. The summed E-state index contributed by atoms with van der Waals surface area (Å²) in [6.07, 6.45) is 7.31. The number of fused-ring (bicyclic) bond motifs is 2. The van der Waals surface area contributed by atoms with E-state index >= 15 is 0 Å². The van der Waals surface area contributed by atoms with Crippen LogP contribution in [0, 0.1) is 0 Å². The highest BCUT2D eigenvalue weighted by Crippen LogP contribution is 2.42. The lowest BCUT2D eigenvalue weighted by Gasteiger charge is -2.34. The Morgan fingerprint density at radius 3 is 2.79 bits per heavy atom. The second-order valence-corrected chi connectivity index (χ2v) is 6.89. The maximum atomic E-state index is 10.2. The van der Waals surface area contributed by atoms with Gasteiger partial charge in [-0.05, 0) is 56.2 Å². The normalized spacial score (nSPS) is 21.5. The molecule has 124 valence electrons. The van der Waals surface area contributed by atoms with Gasteiger partial charge < -0.3 is 19.7 Å². The number of hydrogen-bond donors (Lipinski definition) is 2. The van der Waals surface area contributed by atoms with Gasteiger partial charge in [-0.15, -0.1) is 0 Å². The quantitative estimate of drug-likeness (QED) is 0.804. The van der Waals surface area contributed by atoms with E-state index in [0.29, 0.717) is 24.5 Å². The van der Waals surface area contributed by atoms with Gasteiger partial charge in [0.15, 0.2) is 0 Å². The Kier molecular flexibility index (Phi) is 3.23. The van der Waals surface area contributed by atoms with Crippen molar-refractivity contribution in [3.05, 3.63) is 64.2 Å². The number of aromatic hydroxyl groups is 1. The predicted molar refractivity (Wildman–Crippen MR) is 91.8 cm³/mol. The number of aliphatic hydroxyl groups is 1. The predicted octanol–water partition coefficient (Wildman–Crippen LogP) is 4.39. The van der Waals surface area contributed by atoms with Gasteiger partial charge in [0.2, 0.25) is 0 Å². The summed E-state index contributed by atoms with van der Waals surface area (Å²) in [4.78, 5) is 0. The van der Waals surface area contributed by atoms with Crippen LogP contribution in [0.4, 0.5) is 0 Å². The summed E-state index contributed by atoms with van der Waals surface area (Å²) in [7, 11) is 0. The van der Waals surface area contributed by atoms with E-state index in [4.69, 9.17) is 9.47 Å². The SMILES string of the molecule is CC1(C)C=CC2=C(O)CCC(C3=Cc4ccc(O)cc4OC3)=C2O1. The van der Waals surface area contributed by atoms with E-state index in [0.717, 1.165) is 34.5 Å². The summed E-state index contributed by atoms with van der Waals surface area (Å²) in [6.45, 7) is 4.43. The van der Waals surface area contributed by atoms with Gasteiger partial charge >= 0.3 is 0 Å². The molecule has 0 spiro atoms. The molecule has 1 aromatic carbocycles. The molecule has 0 radical (unpaired) electrons. The third-order valence-corrected chi connectivity index (χ3v) is 4.56. The van der Waals surface area contributed by atoms with Crippen LogP contribution in [0.1, 0.15) is 32.3 Å². The first-order chi connectivity index (χ1) is 11.4. The molecule has 3 aliphatic rings. The van der Waals surface area contributed by atoms with E-state index in [2.05, 4.69) is 6.08 Å². The van der Waals surface area contributed by atoms with Crippen LogP contribution in [0.25, 0.3) is 6.08 Å². The average molecular weight is 324 g/mol.